The van der Waals surface area contributed by atoms with E-state index in [1.807, 2.05) is 26.8 Å². The number of aliphatic hydroxyl groups is 2. The molecule has 0 radical (unpaired) electrons. The van der Waals surface area contributed by atoms with Gasteiger partial charge in [-0.3, -0.25) is 9.88 Å². The van der Waals surface area contributed by atoms with E-state index in [0.29, 0.717) is 6.54 Å². The summed E-state index contributed by atoms with van der Waals surface area (Å²) in [5.41, 5.74) is 2.29. The molecule has 0 spiro atoms. The van der Waals surface area contributed by atoms with Crippen molar-refractivity contribution in [2.24, 2.45) is 0 Å². The summed E-state index contributed by atoms with van der Waals surface area (Å²) >= 11 is 0. The fourth-order valence-corrected chi connectivity index (χ4v) is 2.68. The average molecular weight is 279 g/mol. The Labute approximate surface area is 120 Å². The van der Waals surface area contributed by atoms with Crippen LogP contribution in [0.5, 0.6) is 0 Å². The molecule has 1 aliphatic rings. The topological polar surface area (TPSA) is 59.8 Å². The number of aryl methyl sites for hydroxylation is 1. The summed E-state index contributed by atoms with van der Waals surface area (Å²) in [5, 5.41) is 19.3. The van der Waals surface area contributed by atoms with Gasteiger partial charge in [0.05, 0.1) is 12.2 Å². The number of β-amino-alcohol motifs (C(OH)–C–C–N with tert-alkyl or cyclic N) is 1. The van der Waals surface area contributed by atoms with Crippen LogP contribution >= 0.6 is 0 Å². The lowest BCUT2D eigenvalue weighted by Gasteiger charge is -2.39. The SMILES string of the molecule is Cc1cc(N2CCN(CC(C)(C)O)CC2)c(CO)cn1. The summed E-state index contributed by atoms with van der Waals surface area (Å²) in [5.74, 6) is 0. The second-order valence-electron chi connectivity index (χ2n) is 6.19. The highest BCUT2D eigenvalue weighted by Gasteiger charge is 2.23. The van der Waals surface area contributed by atoms with Gasteiger partial charge in [0.25, 0.3) is 0 Å². The van der Waals surface area contributed by atoms with Gasteiger partial charge in [-0.2, -0.15) is 0 Å². The molecule has 1 fully saturated rings. The number of aromatic nitrogens is 1. The Morgan fingerprint density at radius 3 is 2.45 bits per heavy atom. The number of rotatable bonds is 4. The van der Waals surface area contributed by atoms with Crippen LogP contribution in [-0.4, -0.2) is 58.4 Å². The third-order valence-electron chi connectivity index (χ3n) is 3.59. The lowest BCUT2D eigenvalue weighted by Crippen LogP contribution is -2.50. The van der Waals surface area contributed by atoms with Gasteiger partial charge in [0.1, 0.15) is 0 Å². The lowest BCUT2D eigenvalue weighted by atomic mass is 10.1. The maximum atomic E-state index is 9.87. The first kappa shape index (κ1) is 15.2. The van der Waals surface area contributed by atoms with E-state index in [0.717, 1.165) is 43.1 Å². The molecule has 0 aromatic carbocycles. The fraction of sp³-hybridized carbons (Fsp3) is 0.667. The summed E-state index contributed by atoms with van der Waals surface area (Å²) in [6.07, 6.45) is 1.76. The van der Waals surface area contributed by atoms with Gasteiger partial charge >= 0.3 is 0 Å². The van der Waals surface area contributed by atoms with Gasteiger partial charge in [0.2, 0.25) is 0 Å². The fourth-order valence-electron chi connectivity index (χ4n) is 2.68. The minimum atomic E-state index is -0.647. The van der Waals surface area contributed by atoms with Gasteiger partial charge in [0.15, 0.2) is 0 Å². The van der Waals surface area contributed by atoms with Crippen LogP contribution < -0.4 is 4.90 Å². The summed E-state index contributed by atoms with van der Waals surface area (Å²) in [7, 11) is 0. The van der Waals surface area contributed by atoms with Crippen molar-refractivity contribution in [2.45, 2.75) is 33.0 Å². The molecule has 1 aromatic rings. The van der Waals surface area contributed by atoms with Crippen LogP contribution in [0.4, 0.5) is 5.69 Å². The predicted molar refractivity (Wildman–Crippen MR) is 79.8 cm³/mol. The molecule has 0 amide bonds. The molecule has 0 bridgehead atoms. The quantitative estimate of drug-likeness (QED) is 0.853. The van der Waals surface area contributed by atoms with Crippen molar-refractivity contribution < 1.29 is 10.2 Å². The predicted octanol–water partition coefficient (Wildman–Crippen LogP) is 0.775. The van der Waals surface area contributed by atoms with E-state index >= 15 is 0 Å². The number of hydrogen-bond acceptors (Lipinski definition) is 5. The molecule has 5 heteroatoms. The smallest absolute Gasteiger partial charge is 0.0718 e. The van der Waals surface area contributed by atoms with Gasteiger partial charge in [-0.1, -0.05) is 0 Å². The van der Waals surface area contributed by atoms with E-state index in [1.165, 1.54) is 0 Å². The first-order valence-electron chi connectivity index (χ1n) is 7.15. The van der Waals surface area contributed by atoms with E-state index in [4.69, 9.17) is 0 Å². The summed E-state index contributed by atoms with van der Waals surface area (Å²) < 4.78 is 0. The molecule has 0 atom stereocenters. The largest absolute Gasteiger partial charge is 0.392 e. The van der Waals surface area contributed by atoms with E-state index in [9.17, 15) is 10.2 Å². The molecule has 1 aromatic heterocycles. The van der Waals surface area contributed by atoms with Gasteiger partial charge in [-0.15, -0.1) is 0 Å². The molecule has 1 aliphatic heterocycles. The molecule has 112 valence electrons. The number of aliphatic hydroxyl groups excluding tert-OH is 1. The highest BCUT2D eigenvalue weighted by molar-refractivity contribution is 5.53. The summed E-state index contributed by atoms with van der Waals surface area (Å²) in [6, 6.07) is 2.04. The highest BCUT2D eigenvalue weighted by Crippen LogP contribution is 2.22. The lowest BCUT2D eigenvalue weighted by molar-refractivity contribution is 0.0345. The van der Waals surface area contributed by atoms with Crippen LogP contribution in [0.3, 0.4) is 0 Å². The molecule has 0 unspecified atom stereocenters. The second-order valence-corrected chi connectivity index (χ2v) is 6.19. The van der Waals surface area contributed by atoms with Crippen molar-refractivity contribution in [1.29, 1.82) is 0 Å². The van der Waals surface area contributed by atoms with Crippen molar-refractivity contribution in [3.8, 4) is 0 Å². The molecular weight excluding hydrogens is 254 g/mol. The van der Waals surface area contributed by atoms with E-state index in [-0.39, 0.29) is 6.61 Å². The van der Waals surface area contributed by atoms with Crippen molar-refractivity contribution >= 4 is 5.69 Å². The Morgan fingerprint density at radius 2 is 1.90 bits per heavy atom. The van der Waals surface area contributed by atoms with Crippen LogP contribution in [0.15, 0.2) is 12.3 Å². The second kappa shape index (κ2) is 6.08. The minimum absolute atomic E-state index is 0.0203. The Balaban J connectivity index is 2.02. The van der Waals surface area contributed by atoms with Crippen molar-refractivity contribution in [3.05, 3.63) is 23.5 Å². The number of anilines is 1. The summed E-state index contributed by atoms with van der Waals surface area (Å²) in [4.78, 5) is 8.81. The van der Waals surface area contributed by atoms with Crippen molar-refractivity contribution in [3.63, 3.8) is 0 Å². The normalized spacial score (nSPS) is 17.6. The zero-order valence-electron chi connectivity index (χ0n) is 12.6. The number of nitrogens with zero attached hydrogens (tertiary/aromatic N) is 3. The van der Waals surface area contributed by atoms with Crippen LogP contribution in [-0.2, 0) is 6.61 Å². The van der Waals surface area contributed by atoms with Crippen molar-refractivity contribution in [1.82, 2.24) is 9.88 Å². The molecular formula is C15H25N3O2. The number of piperazine rings is 1. The van der Waals surface area contributed by atoms with Gasteiger partial charge in [-0.25, -0.2) is 0 Å². The zero-order chi connectivity index (χ0) is 14.8. The van der Waals surface area contributed by atoms with E-state index < -0.39 is 5.60 Å². The Morgan fingerprint density at radius 1 is 1.25 bits per heavy atom. The summed E-state index contributed by atoms with van der Waals surface area (Å²) in [6.45, 7) is 10.0. The van der Waals surface area contributed by atoms with Crippen LogP contribution in [0.2, 0.25) is 0 Å². The standard InChI is InChI=1S/C15H25N3O2/c1-12-8-14(13(10-19)9-16-12)18-6-4-17(5-7-18)11-15(2,3)20/h8-9,19-20H,4-7,10-11H2,1-3H3. The van der Waals surface area contributed by atoms with Crippen LogP contribution in [0, 0.1) is 6.92 Å². The van der Waals surface area contributed by atoms with Gasteiger partial charge < -0.3 is 15.1 Å². The number of hydrogen-bond donors (Lipinski definition) is 2. The minimum Gasteiger partial charge on any atom is -0.392 e. The molecule has 2 N–H and O–H groups in total. The average Bonchev–Trinajstić information content (AvgIpc) is 2.38. The third kappa shape index (κ3) is 3.91. The first-order valence-corrected chi connectivity index (χ1v) is 7.15. The Hall–Kier alpha value is -1.17. The Bertz CT molecular complexity index is 449. The van der Waals surface area contributed by atoms with Gasteiger partial charge in [-0.05, 0) is 26.8 Å². The maximum absolute atomic E-state index is 9.87. The van der Waals surface area contributed by atoms with Crippen LogP contribution in [0.1, 0.15) is 25.1 Å². The zero-order valence-corrected chi connectivity index (χ0v) is 12.6. The van der Waals surface area contributed by atoms with E-state index in [2.05, 4.69) is 14.8 Å². The molecule has 20 heavy (non-hydrogen) atoms. The van der Waals surface area contributed by atoms with Crippen LogP contribution in [0.25, 0.3) is 0 Å². The van der Waals surface area contributed by atoms with Gasteiger partial charge in [0, 0.05) is 55.9 Å². The molecule has 0 aliphatic carbocycles. The van der Waals surface area contributed by atoms with Crippen molar-refractivity contribution in [2.75, 3.05) is 37.6 Å². The molecule has 2 heterocycles. The Kier molecular flexibility index (Phi) is 4.62. The third-order valence-corrected chi connectivity index (χ3v) is 3.59. The monoisotopic (exact) mass is 279 g/mol. The number of pyridine rings is 1. The molecule has 0 saturated carbocycles. The first-order chi connectivity index (χ1) is 9.39. The highest BCUT2D eigenvalue weighted by atomic mass is 16.3. The molecule has 5 nitrogen and oxygen atoms in total. The van der Waals surface area contributed by atoms with E-state index in [1.54, 1.807) is 6.20 Å². The molecule has 1 saturated heterocycles. The maximum Gasteiger partial charge on any atom is 0.0718 e. The molecule has 2 rings (SSSR count).